The molecule has 0 rings (SSSR count). The molecule has 0 unspecified atom stereocenters. The number of hydrogen-bond donors (Lipinski definition) is 1. The summed E-state index contributed by atoms with van der Waals surface area (Å²) in [5.74, 6) is 2.22. The van der Waals surface area contributed by atoms with Gasteiger partial charge in [-0.25, -0.2) is 0 Å². The molecular weight excluding hydrogens is 98.1 g/mol. The Bertz CT molecular complexity index is 99.0. The van der Waals surface area contributed by atoms with E-state index in [1.165, 1.54) is 0 Å². The molecule has 0 aliphatic rings. The summed E-state index contributed by atoms with van der Waals surface area (Å²) in [6, 6.07) is 0. The van der Waals surface area contributed by atoms with E-state index in [0.29, 0.717) is 0 Å². The van der Waals surface area contributed by atoms with E-state index in [1.807, 2.05) is 6.08 Å². The van der Waals surface area contributed by atoms with Gasteiger partial charge in [0.1, 0.15) is 0 Å². The van der Waals surface area contributed by atoms with Crippen molar-refractivity contribution < 1.29 is 0 Å². The Morgan fingerprint density at radius 1 is 1.50 bits per heavy atom. The zero-order chi connectivity index (χ0) is 6.24. The molecule has 0 bridgehead atoms. The van der Waals surface area contributed by atoms with E-state index in [0.717, 1.165) is 19.3 Å². The highest BCUT2D eigenvalue weighted by Gasteiger charge is 1.75. The minimum Gasteiger partial charge on any atom is -0.259 e. The molecule has 1 nitrogen and oxygen atoms in total. The molecular formula is C7H11N. The lowest BCUT2D eigenvalue weighted by atomic mass is 10.2. The van der Waals surface area contributed by atoms with Crippen molar-refractivity contribution in [3.05, 3.63) is 18.7 Å². The maximum atomic E-state index is 6.51. The van der Waals surface area contributed by atoms with Crippen LogP contribution in [-0.2, 0) is 0 Å². The van der Waals surface area contributed by atoms with Gasteiger partial charge in [-0.3, -0.25) is 5.41 Å². The summed E-state index contributed by atoms with van der Waals surface area (Å²) >= 11 is 0. The predicted molar refractivity (Wildman–Crippen MR) is 36.3 cm³/mol. The van der Waals surface area contributed by atoms with Crippen LogP contribution in [0.2, 0.25) is 0 Å². The summed E-state index contributed by atoms with van der Waals surface area (Å²) in [6.45, 7) is 3.58. The number of rotatable bonds is 4. The quantitative estimate of drug-likeness (QED) is 0.325. The van der Waals surface area contributed by atoms with E-state index in [1.54, 1.807) is 6.08 Å². The van der Waals surface area contributed by atoms with Crippen LogP contribution >= 0.6 is 0 Å². The van der Waals surface area contributed by atoms with Crippen LogP contribution in [0.4, 0.5) is 0 Å². The molecule has 0 radical (unpaired) electrons. The molecule has 0 saturated carbocycles. The molecule has 0 aromatic heterocycles. The molecule has 1 N–H and O–H groups in total. The Morgan fingerprint density at radius 3 is 2.75 bits per heavy atom. The Morgan fingerprint density at radius 2 is 2.25 bits per heavy atom. The van der Waals surface area contributed by atoms with Gasteiger partial charge in [0.05, 0.1) is 0 Å². The van der Waals surface area contributed by atoms with E-state index >= 15 is 0 Å². The summed E-state index contributed by atoms with van der Waals surface area (Å²) in [4.78, 5) is 0. The van der Waals surface area contributed by atoms with Crippen molar-refractivity contribution >= 4 is 5.87 Å². The van der Waals surface area contributed by atoms with E-state index < -0.39 is 0 Å². The molecule has 0 fully saturated rings. The lowest BCUT2D eigenvalue weighted by Gasteiger charge is -1.83. The normalized spacial score (nSPS) is 7.50. The van der Waals surface area contributed by atoms with Gasteiger partial charge in [0.25, 0.3) is 0 Å². The highest BCUT2D eigenvalue weighted by atomic mass is 14.3. The third-order valence-electron chi connectivity index (χ3n) is 0.859. The first-order valence-electron chi connectivity index (χ1n) is 2.76. The molecule has 44 valence electrons. The van der Waals surface area contributed by atoms with Crippen molar-refractivity contribution in [3.8, 4) is 0 Å². The minimum absolute atomic E-state index is 0.954. The largest absolute Gasteiger partial charge is 0.259 e. The molecule has 0 heterocycles. The summed E-state index contributed by atoms with van der Waals surface area (Å²) in [7, 11) is 0. The smallest absolute Gasteiger partial charge is 0.0234 e. The molecule has 0 amide bonds. The van der Waals surface area contributed by atoms with Crippen molar-refractivity contribution in [3.63, 3.8) is 0 Å². The fourth-order valence-corrected chi connectivity index (χ4v) is 0.436. The van der Waals surface area contributed by atoms with Gasteiger partial charge in [-0.1, -0.05) is 6.08 Å². The van der Waals surface area contributed by atoms with Gasteiger partial charge in [-0.2, -0.15) is 0 Å². The zero-order valence-electron chi connectivity index (χ0n) is 4.98. The Balaban J connectivity index is 2.93. The van der Waals surface area contributed by atoms with E-state index in [-0.39, 0.29) is 0 Å². The lowest BCUT2D eigenvalue weighted by molar-refractivity contribution is 0.873. The summed E-state index contributed by atoms with van der Waals surface area (Å²) in [5.41, 5.74) is 0. The van der Waals surface area contributed by atoms with E-state index in [4.69, 9.17) is 5.41 Å². The van der Waals surface area contributed by atoms with Gasteiger partial charge < -0.3 is 0 Å². The molecule has 1 heteroatoms. The molecule has 0 saturated heterocycles. The number of nitrogens with one attached hydrogen (secondary N) is 1. The Labute approximate surface area is 50.2 Å². The van der Waals surface area contributed by atoms with Crippen LogP contribution in [-0.4, -0.2) is 5.87 Å². The molecule has 0 aliphatic heterocycles. The standard InChI is InChI=1S/C7H11N/c1-2-3-4-5-6-7-8/h2,6,8H,1,3-5H2. The molecule has 8 heavy (non-hydrogen) atoms. The van der Waals surface area contributed by atoms with Gasteiger partial charge in [-0.05, 0) is 31.2 Å². The van der Waals surface area contributed by atoms with Crippen molar-refractivity contribution in [2.75, 3.05) is 0 Å². The second-order valence-corrected chi connectivity index (χ2v) is 1.57. The molecule has 0 aromatic rings. The highest BCUT2D eigenvalue weighted by molar-refractivity contribution is 5.46. The lowest BCUT2D eigenvalue weighted by Crippen LogP contribution is -1.66. The SMILES string of the molecule is C=CCCCC=C=N. The average Bonchev–Trinajstić information content (AvgIpc) is 1.81. The van der Waals surface area contributed by atoms with Crippen molar-refractivity contribution in [2.24, 2.45) is 0 Å². The Hall–Kier alpha value is -0.810. The molecule has 0 atom stereocenters. The second-order valence-electron chi connectivity index (χ2n) is 1.57. The van der Waals surface area contributed by atoms with Gasteiger partial charge >= 0.3 is 0 Å². The van der Waals surface area contributed by atoms with Gasteiger partial charge in [0.2, 0.25) is 0 Å². The Kier molecular flexibility index (Phi) is 5.56. The van der Waals surface area contributed by atoms with Crippen molar-refractivity contribution in [1.82, 2.24) is 0 Å². The second kappa shape index (κ2) is 6.19. The third-order valence-corrected chi connectivity index (χ3v) is 0.859. The molecule has 0 aromatic carbocycles. The van der Waals surface area contributed by atoms with Crippen LogP contribution in [0, 0.1) is 5.41 Å². The van der Waals surface area contributed by atoms with Crippen LogP contribution in [0.1, 0.15) is 19.3 Å². The maximum absolute atomic E-state index is 6.51. The zero-order valence-corrected chi connectivity index (χ0v) is 4.98. The molecule has 0 aliphatic carbocycles. The van der Waals surface area contributed by atoms with Gasteiger partial charge in [0.15, 0.2) is 0 Å². The minimum atomic E-state index is 0.954. The van der Waals surface area contributed by atoms with E-state index in [2.05, 4.69) is 12.4 Å². The first kappa shape index (κ1) is 7.19. The van der Waals surface area contributed by atoms with Crippen molar-refractivity contribution in [1.29, 1.82) is 5.41 Å². The highest BCUT2D eigenvalue weighted by Crippen LogP contribution is 1.93. The van der Waals surface area contributed by atoms with Gasteiger partial charge in [0, 0.05) is 0 Å². The molecule has 0 spiro atoms. The van der Waals surface area contributed by atoms with Crippen LogP contribution < -0.4 is 0 Å². The van der Waals surface area contributed by atoms with Crippen LogP contribution in [0.3, 0.4) is 0 Å². The summed E-state index contributed by atoms with van der Waals surface area (Å²) in [6.07, 6.45) is 6.70. The van der Waals surface area contributed by atoms with Crippen LogP contribution in [0.15, 0.2) is 18.7 Å². The van der Waals surface area contributed by atoms with Crippen LogP contribution in [0.25, 0.3) is 0 Å². The van der Waals surface area contributed by atoms with Gasteiger partial charge in [-0.15, -0.1) is 6.58 Å². The summed E-state index contributed by atoms with van der Waals surface area (Å²) < 4.78 is 0. The third kappa shape index (κ3) is 5.19. The first-order valence-corrected chi connectivity index (χ1v) is 2.76. The van der Waals surface area contributed by atoms with Crippen molar-refractivity contribution in [2.45, 2.75) is 19.3 Å². The first-order chi connectivity index (χ1) is 3.91. The average molecular weight is 109 g/mol. The van der Waals surface area contributed by atoms with E-state index in [9.17, 15) is 0 Å². The fourth-order valence-electron chi connectivity index (χ4n) is 0.436. The maximum Gasteiger partial charge on any atom is -0.0234 e. The summed E-state index contributed by atoms with van der Waals surface area (Å²) in [5, 5.41) is 6.51. The number of hydrogen-bond acceptors (Lipinski definition) is 1. The van der Waals surface area contributed by atoms with Crippen LogP contribution in [0.5, 0.6) is 0 Å². The predicted octanol–water partition coefficient (Wildman–Crippen LogP) is 2.15. The monoisotopic (exact) mass is 109 g/mol. The fraction of sp³-hybridized carbons (Fsp3) is 0.429. The topological polar surface area (TPSA) is 23.9 Å². The number of allylic oxidation sites excluding steroid dienone is 2. The number of unbranched alkanes of at least 4 members (excludes halogenated alkanes) is 2.